The summed E-state index contributed by atoms with van der Waals surface area (Å²) in [5.74, 6) is 0.853. The maximum atomic E-state index is 5.38. The molecule has 1 aliphatic heterocycles. The molecule has 0 unspecified atom stereocenters. The highest BCUT2D eigenvalue weighted by Gasteiger charge is 2.16. The number of aryl methyl sites for hydroxylation is 1. The Labute approximate surface area is 146 Å². The topological polar surface area (TPSA) is 45.5 Å². The number of anilines is 1. The molecule has 0 atom stereocenters. The smallest absolute Gasteiger partial charge is 0.173 e. The second-order valence-corrected chi connectivity index (χ2v) is 6.77. The van der Waals surface area contributed by atoms with Crippen molar-refractivity contribution in [1.29, 1.82) is 0 Å². The lowest BCUT2D eigenvalue weighted by molar-refractivity contribution is 0.453. The Hall–Kier alpha value is -2.21. The molecule has 1 saturated heterocycles. The molecule has 5 nitrogen and oxygen atoms in total. The quantitative estimate of drug-likeness (QED) is 0.570. The van der Waals surface area contributed by atoms with Crippen molar-refractivity contribution in [2.24, 2.45) is 0 Å². The minimum Gasteiger partial charge on any atom is -0.367 e. The Morgan fingerprint density at radius 3 is 3.04 bits per heavy atom. The van der Waals surface area contributed by atoms with Gasteiger partial charge in [-0.3, -0.25) is 0 Å². The van der Waals surface area contributed by atoms with Crippen LogP contribution in [0.5, 0.6) is 0 Å². The summed E-state index contributed by atoms with van der Waals surface area (Å²) in [6.07, 6.45) is 5.39. The van der Waals surface area contributed by atoms with E-state index in [1.54, 1.807) is 0 Å². The standard InChI is InChI=1S/C18H21N5S/c1-13-15-12-14-6-2-3-11-23(14)17(15)18(21-20-13)19-8-5-10-22-9-4-7-16(22)24/h2-3,6,11-12H,4-5,7-10H2,1H3,(H,19,21). The highest BCUT2D eigenvalue weighted by molar-refractivity contribution is 7.80. The molecule has 0 aromatic carbocycles. The summed E-state index contributed by atoms with van der Waals surface area (Å²) in [6, 6.07) is 8.38. The third kappa shape index (κ3) is 2.71. The molecule has 1 N–H and O–H groups in total. The predicted molar refractivity (Wildman–Crippen MR) is 102 cm³/mol. The summed E-state index contributed by atoms with van der Waals surface area (Å²) in [7, 11) is 0. The molecule has 0 saturated carbocycles. The molecule has 0 aliphatic carbocycles. The molecule has 0 spiro atoms. The van der Waals surface area contributed by atoms with E-state index in [0.29, 0.717) is 0 Å². The van der Waals surface area contributed by atoms with Crippen LogP contribution in [0.1, 0.15) is 25.0 Å². The first-order valence-electron chi connectivity index (χ1n) is 8.49. The Morgan fingerprint density at radius 2 is 2.21 bits per heavy atom. The summed E-state index contributed by atoms with van der Waals surface area (Å²) < 4.78 is 2.18. The predicted octanol–water partition coefficient (Wildman–Crippen LogP) is 3.42. The Balaban J connectivity index is 1.53. The van der Waals surface area contributed by atoms with Crippen LogP contribution < -0.4 is 5.32 Å². The summed E-state index contributed by atoms with van der Waals surface area (Å²) in [6.45, 7) is 5.00. The molecule has 124 valence electrons. The van der Waals surface area contributed by atoms with E-state index in [2.05, 4.69) is 49.2 Å². The van der Waals surface area contributed by atoms with Crippen molar-refractivity contribution in [3.8, 4) is 0 Å². The second-order valence-electron chi connectivity index (χ2n) is 6.30. The molecule has 6 heteroatoms. The zero-order valence-electron chi connectivity index (χ0n) is 13.8. The highest BCUT2D eigenvalue weighted by atomic mass is 32.1. The molecule has 24 heavy (non-hydrogen) atoms. The van der Waals surface area contributed by atoms with Gasteiger partial charge in [-0.05, 0) is 44.4 Å². The number of nitrogens with zero attached hydrogens (tertiary/aromatic N) is 4. The summed E-state index contributed by atoms with van der Waals surface area (Å²) in [4.78, 5) is 3.44. The fraction of sp³-hybridized carbons (Fsp3) is 0.389. The van der Waals surface area contributed by atoms with Gasteiger partial charge in [0.15, 0.2) is 5.82 Å². The highest BCUT2D eigenvalue weighted by Crippen LogP contribution is 2.26. The molecule has 4 heterocycles. The number of nitrogens with one attached hydrogen (secondary N) is 1. The fourth-order valence-corrected chi connectivity index (χ4v) is 3.73. The molecule has 4 rings (SSSR count). The van der Waals surface area contributed by atoms with Gasteiger partial charge in [0.25, 0.3) is 0 Å². The first kappa shape index (κ1) is 15.3. The lowest BCUT2D eigenvalue weighted by Crippen LogP contribution is -2.26. The Kier molecular flexibility index (Phi) is 4.06. The van der Waals surface area contributed by atoms with Gasteiger partial charge in [-0.2, -0.15) is 5.10 Å². The van der Waals surface area contributed by atoms with Gasteiger partial charge in [-0.25, -0.2) is 0 Å². The van der Waals surface area contributed by atoms with E-state index < -0.39 is 0 Å². The van der Waals surface area contributed by atoms with Crippen LogP contribution in [-0.2, 0) is 0 Å². The van der Waals surface area contributed by atoms with E-state index >= 15 is 0 Å². The molecule has 3 aromatic rings. The normalized spacial score (nSPS) is 14.9. The van der Waals surface area contributed by atoms with Gasteiger partial charge in [0.2, 0.25) is 0 Å². The summed E-state index contributed by atoms with van der Waals surface area (Å²) in [5.41, 5.74) is 3.23. The van der Waals surface area contributed by atoms with E-state index in [0.717, 1.165) is 65.4 Å². The van der Waals surface area contributed by atoms with Crippen molar-refractivity contribution in [2.45, 2.75) is 26.2 Å². The maximum Gasteiger partial charge on any atom is 0.173 e. The van der Waals surface area contributed by atoms with Crippen LogP contribution >= 0.6 is 12.2 Å². The molecular formula is C18H21N5S. The number of pyridine rings is 1. The molecule has 0 amide bonds. The van der Waals surface area contributed by atoms with Gasteiger partial charge in [0.05, 0.1) is 16.2 Å². The van der Waals surface area contributed by atoms with Crippen molar-refractivity contribution in [1.82, 2.24) is 19.5 Å². The van der Waals surface area contributed by atoms with Gasteiger partial charge < -0.3 is 14.6 Å². The SMILES string of the molecule is Cc1nnc(NCCCN2CCCC2=S)c2c1cc1ccccn12. The Morgan fingerprint density at radius 1 is 1.29 bits per heavy atom. The molecular weight excluding hydrogens is 318 g/mol. The number of thiocarbonyl (C=S) groups is 1. The molecule has 0 bridgehead atoms. The molecule has 1 fully saturated rings. The number of fused-ring (bicyclic) bond motifs is 3. The maximum absolute atomic E-state index is 5.38. The number of hydrogen-bond acceptors (Lipinski definition) is 4. The van der Waals surface area contributed by atoms with Crippen molar-refractivity contribution in [3.63, 3.8) is 0 Å². The minimum atomic E-state index is 0.853. The van der Waals surface area contributed by atoms with Crippen LogP contribution in [0.3, 0.4) is 0 Å². The lowest BCUT2D eigenvalue weighted by atomic mass is 10.2. The van der Waals surface area contributed by atoms with E-state index in [1.165, 1.54) is 6.42 Å². The third-order valence-electron chi connectivity index (χ3n) is 4.66. The number of rotatable bonds is 5. The first-order valence-corrected chi connectivity index (χ1v) is 8.89. The summed E-state index contributed by atoms with van der Waals surface area (Å²) in [5, 5.41) is 13.3. The van der Waals surface area contributed by atoms with Crippen molar-refractivity contribution < 1.29 is 0 Å². The van der Waals surface area contributed by atoms with Gasteiger partial charge in [-0.1, -0.05) is 18.3 Å². The number of likely N-dealkylation sites (tertiary alicyclic amines) is 1. The zero-order valence-corrected chi connectivity index (χ0v) is 14.6. The van der Waals surface area contributed by atoms with E-state index in [1.807, 2.05) is 13.0 Å². The fourth-order valence-electron chi connectivity index (χ4n) is 3.40. The van der Waals surface area contributed by atoms with Crippen LogP contribution in [-0.4, -0.2) is 44.1 Å². The number of aromatic nitrogens is 3. The van der Waals surface area contributed by atoms with E-state index in [9.17, 15) is 0 Å². The van der Waals surface area contributed by atoms with Crippen LogP contribution in [0.25, 0.3) is 16.4 Å². The Bertz CT molecular complexity index is 901. The average Bonchev–Trinajstić information content (AvgIpc) is 3.18. The largest absolute Gasteiger partial charge is 0.367 e. The van der Waals surface area contributed by atoms with Gasteiger partial charge in [-0.15, -0.1) is 5.10 Å². The van der Waals surface area contributed by atoms with Crippen molar-refractivity contribution in [3.05, 3.63) is 36.2 Å². The van der Waals surface area contributed by atoms with E-state index in [-0.39, 0.29) is 0 Å². The van der Waals surface area contributed by atoms with Crippen molar-refractivity contribution in [2.75, 3.05) is 25.0 Å². The lowest BCUT2D eigenvalue weighted by Gasteiger charge is -2.17. The summed E-state index contributed by atoms with van der Waals surface area (Å²) >= 11 is 5.38. The molecule has 3 aromatic heterocycles. The molecule has 0 radical (unpaired) electrons. The minimum absolute atomic E-state index is 0.853. The van der Waals surface area contributed by atoms with Gasteiger partial charge in [0.1, 0.15) is 0 Å². The van der Waals surface area contributed by atoms with Crippen LogP contribution in [0, 0.1) is 6.92 Å². The monoisotopic (exact) mass is 339 g/mol. The van der Waals surface area contributed by atoms with Crippen LogP contribution in [0.4, 0.5) is 5.82 Å². The first-order chi connectivity index (χ1) is 11.7. The number of hydrogen-bond donors (Lipinski definition) is 1. The second kappa shape index (κ2) is 6.36. The van der Waals surface area contributed by atoms with Crippen LogP contribution in [0.15, 0.2) is 30.5 Å². The molecule has 1 aliphatic rings. The van der Waals surface area contributed by atoms with Gasteiger partial charge in [0, 0.05) is 36.7 Å². The van der Waals surface area contributed by atoms with E-state index in [4.69, 9.17) is 12.2 Å². The zero-order chi connectivity index (χ0) is 16.5. The third-order valence-corrected chi connectivity index (χ3v) is 5.12. The average molecular weight is 339 g/mol. The van der Waals surface area contributed by atoms with Crippen LogP contribution in [0.2, 0.25) is 0 Å². The van der Waals surface area contributed by atoms with Crippen molar-refractivity contribution >= 4 is 39.4 Å². The van der Waals surface area contributed by atoms with Gasteiger partial charge >= 0.3 is 0 Å².